The van der Waals surface area contributed by atoms with Gasteiger partial charge < -0.3 is 30.0 Å². The SMILES string of the molecule is O=C(NCCO)c1cccc(CNC(=O)[C@@]23C[C@H]4OC(=O)[C@@H]2N(Cc2ccccc2I)O[C@@H]3[C@H]2OCO[C@H]24)c1. The molecule has 2 aromatic carbocycles. The Morgan fingerprint density at radius 2 is 1.92 bits per heavy atom. The summed E-state index contributed by atoms with van der Waals surface area (Å²) in [4.78, 5) is 46.3. The first-order chi connectivity index (χ1) is 18.9. The molecule has 1 saturated carbocycles. The van der Waals surface area contributed by atoms with Crippen LogP contribution in [0.4, 0.5) is 0 Å². The summed E-state index contributed by atoms with van der Waals surface area (Å²) < 4.78 is 18.4. The van der Waals surface area contributed by atoms with E-state index in [0.29, 0.717) is 11.1 Å². The number of aliphatic hydroxyl groups is 1. The first-order valence-corrected chi connectivity index (χ1v) is 13.9. The van der Waals surface area contributed by atoms with Crippen LogP contribution in [0.5, 0.6) is 0 Å². The molecular formula is C27H28IN3O8. The molecule has 2 amide bonds. The fraction of sp³-hybridized carbons (Fsp3) is 0.444. The van der Waals surface area contributed by atoms with Crippen LogP contribution in [0.25, 0.3) is 0 Å². The predicted octanol–water partition coefficient (Wildman–Crippen LogP) is 0.871. The number of hydroxylamine groups is 2. The van der Waals surface area contributed by atoms with Gasteiger partial charge in [0.2, 0.25) is 5.91 Å². The van der Waals surface area contributed by atoms with E-state index in [0.717, 1.165) is 9.13 Å². The second kappa shape index (κ2) is 10.7. The van der Waals surface area contributed by atoms with Gasteiger partial charge >= 0.3 is 5.97 Å². The van der Waals surface area contributed by atoms with E-state index in [2.05, 4.69) is 33.2 Å². The van der Waals surface area contributed by atoms with Crippen LogP contribution in [0.3, 0.4) is 0 Å². The van der Waals surface area contributed by atoms with Crippen LogP contribution >= 0.6 is 22.6 Å². The molecule has 0 radical (unpaired) electrons. The maximum Gasteiger partial charge on any atom is 0.327 e. The van der Waals surface area contributed by atoms with Gasteiger partial charge in [0, 0.05) is 28.6 Å². The molecular weight excluding hydrogens is 621 g/mol. The second-order valence-corrected chi connectivity index (χ2v) is 11.2. The summed E-state index contributed by atoms with van der Waals surface area (Å²) in [5.74, 6) is -1.18. The zero-order valence-corrected chi connectivity index (χ0v) is 23.0. The molecule has 6 atom stereocenters. The van der Waals surface area contributed by atoms with Crippen LogP contribution in [0.2, 0.25) is 0 Å². The number of rotatable bonds is 8. The van der Waals surface area contributed by atoms with Gasteiger partial charge in [-0.15, -0.1) is 0 Å². The Morgan fingerprint density at radius 3 is 2.74 bits per heavy atom. The minimum absolute atomic E-state index is 0.0351. The Hall–Kier alpha value is -2.62. The number of carbonyl (C=O) groups is 3. The van der Waals surface area contributed by atoms with Crippen molar-refractivity contribution in [2.24, 2.45) is 5.41 Å². The Morgan fingerprint density at radius 1 is 1.10 bits per heavy atom. The Balaban J connectivity index is 1.28. The lowest BCUT2D eigenvalue weighted by atomic mass is 9.62. The highest BCUT2D eigenvalue weighted by molar-refractivity contribution is 14.1. The zero-order valence-electron chi connectivity index (χ0n) is 20.9. The lowest BCUT2D eigenvalue weighted by Gasteiger charge is -2.48. The summed E-state index contributed by atoms with van der Waals surface area (Å²) in [6, 6.07) is 13.7. The van der Waals surface area contributed by atoms with Crippen LogP contribution in [0, 0.1) is 8.99 Å². The number of benzene rings is 2. The molecule has 4 fully saturated rings. The van der Waals surface area contributed by atoms with Crippen LogP contribution in [-0.2, 0) is 41.7 Å². The number of fused-ring (bicyclic) bond motifs is 4. The Kier molecular flexibility index (Phi) is 7.33. The highest BCUT2D eigenvalue weighted by atomic mass is 127. The number of hydrogen-bond donors (Lipinski definition) is 3. The number of aliphatic hydroxyl groups excluding tert-OH is 1. The van der Waals surface area contributed by atoms with Crippen molar-refractivity contribution in [1.29, 1.82) is 0 Å². The van der Waals surface area contributed by atoms with E-state index in [1.54, 1.807) is 29.3 Å². The standard InChI is InChI=1S/C27H28IN3O8/c28-18-7-2-1-5-17(18)13-31-22-25(34)38-19-11-27(22,23(39-31)21-20(19)36-14-37-21)26(35)30-12-15-4-3-6-16(10-15)24(33)29-8-9-32/h1-7,10,19-23,32H,8-9,11-14H2,(H,29,33)(H,30,35)/t19-,20+,21+,22+,23-,27+/m1/s1. The molecule has 1 aliphatic carbocycles. The molecule has 206 valence electrons. The fourth-order valence-corrected chi connectivity index (χ4v) is 6.63. The van der Waals surface area contributed by atoms with Crippen LogP contribution in [0.1, 0.15) is 27.9 Å². The summed E-state index contributed by atoms with van der Waals surface area (Å²) >= 11 is 2.24. The van der Waals surface area contributed by atoms with Gasteiger partial charge in [0.1, 0.15) is 36.6 Å². The molecule has 2 aromatic rings. The van der Waals surface area contributed by atoms with E-state index >= 15 is 0 Å². The molecule has 3 saturated heterocycles. The van der Waals surface area contributed by atoms with Gasteiger partial charge in [0.05, 0.1) is 13.2 Å². The first kappa shape index (κ1) is 26.6. The monoisotopic (exact) mass is 649 g/mol. The lowest BCUT2D eigenvalue weighted by molar-refractivity contribution is -0.201. The number of hydrogen-bond acceptors (Lipinski definition) is 9. The van der Waals surface area contributed by atoms with Gasteiger partial charge in [-0.3, -0.25) is 19.2 Å². The van der Waals surface area contributed by atoms with Crippen molar-refractivity contribution < 1.29 is 38.5 Å². The van der Waals surface area contributed by atoms with E-state index in [9.17, 15) is 14.4 Å². The summed E-state index contributed by atoms with van der Waals surface area (Å²) in [7, 11) is 0. The average Bonchev–Trinajstić information content (AvgIpc) is 3.56. The number of nitrogens with zero attached hydrogens (tertiary/aromatic N) is 1. The molecule has 3 aliphatic heterocycles. The Labute approximate surface area is 238 Å². The normalized spacial score (nSPS) is 30.9. The second-order valence-electron chi connectivity index (χ2n) is 10.1. The first-order valence-electron chi connectivity index (χ1n) is 12.8. The minimum Gasteiger partial charge on any atom is -0.458 e. The van der Waals surface area contributed by atoms with Crippen molar-refractivity contribution in [3.63, 3.8) is 0 Å². The maximum absolute atomic E-state index is 14.1. The van der Waals surface area contributed by atoms with Crippen molar-refractivity contribution >= 4 is 40.4 Å². The molecule has 0 aromatic heterocycles. The topological polar surface area (TPSA) is 136 Å². The third-order valence-corrected chi connectivity index (χ3v) is 8.87. The maximum atomic E-state index is 14.1. The van der Waals surface area contributed by atoms with Crippen molar-refractivity contribution in [3.05, 3.63) is 68.8 Å². The van der Waals surface area contributed by atoms with E-state index in [4.69, 9.17) is 24.2 Å². The summed E-state index contributed by atoms with van der Waals surface area (Å²) in [5.41, 5.74) is 0.840. The van der Waals surface area contributed by atoms with E-state index in [-0.39, 0.29) is 51.3 Å². The van der Waals surface area contributed by atoms with Crippen molar-refractivity contribution in [3.8, 4) is 0 Å². The minimum atomic E-state index is -1.24. The zero-order chi connectivity index (χ0) is 27.1. The molecule has 3 N–H and O–H groups in total. The molecule has 0 spiro atoms. The van der Waals surface area contributed by atoms with Crippen molar-refractivity contribution in [1.82, 2.24) is 15.7 Å². The van der Waals surface area contributed by atoms with E-state index < -0.39 is 41.8 Å². The smallest absolute Gasteiger partial charge is 0.327 e. The largest absolute Gasteiger partial charge is 0.458 e. The fourth-order valence-electron chi connectivity index (χ4n) is 6.07. The van der Waals surface area contributed by atoms with Gasteiger partial charge in [0.15, 0.2) is 6.04 Å². The third-order valence-electron chi connectivity index (χ3n) is 7.82. The van der Waals surface area contributed by atoms with Crippen molar-refractivity contribution in [2.75, 3.05) is 19.9 Å². The number of nitrogens with one attached hydrogen (secondary N) is 2. The summed E-state index contributed by atoms with van der Waals surface area (Å²) in [6.07, 6.45) is -2.19. The molecule has 3 heterocycles. The Bertz CT molecular complexity index is 1290. The molecule has 11 nitrogen and oxygen atoms in total. The van der Waals surface area contributed by atoms with Crippen LogP contribution in [0.15, 0.2) is 48.5 Å². The number of carbonyl (C=O) groups excluding carboxylic acids is 3. The van der Waals surface area contributed by atoms with Gasteiger partial charge in [-0.25, -0.2) is 0 Å². The van der Waals surface area contributed by atoms with E-state index in [1.807, 2.05) is 24.3 Å². The number of amides is 2. The highest BCUT2D eigenvalue weighted by Gasteiger charge is 2.74. The van der Waals surface area contributed by atoms with Gasteiger partial charge in [-0.05, 0) is 51.9 Å². The van der Waals surface area contributed by atoms with Crippen LogP contribution < -0.4 is 10.6 Å². The molecule has 0 unspecified atom stereocenters. The van der Waals surface area contributed by atoms with Crippen molar-refractivity contribution in [2.45, 2.75) is 50.0 Å². The molecule has 2 bridgehead atoms. The molecule has 39 heavy (non-hydrogen) atoms. The summed E-state index contributed by atoms with van der Waals surface area (Å²) in [5, 5.41) is 16.2. The lowest BCUT2D eigenvalue weighted by Crippen LogP contribution is -2.69. The highest BCUT2D eigenvalue weighted by Crippen LogP contribution is 2.55. The van der Waals surface area contributed by atoms with Gasteiger partial charge in [0.25, 0.3) is 5.91 Å². The number of ether oxygens (including phenoxy) is 3. The average molecular weight is 649 g/mol. The number of halogens is 1. The van der Waals surface area contributed by atoms with Gasteiger partial charge in [-0.1, -0.05) is 30.3 Å². The predicted molar refractivity (Wildman–Crippen MR) is 143 cm³/mol. The summed E-state index contributed by atoms with van der Waals surface area (Å²) in [6.45, 7) is 0.456. The molecule has 4 aliphatic rings. The quantitative estimate of drug-likeness (QED) is 0.281. The third kappa shape index (κ3) is 4.62. The van der Waals surface area contributed by atoms with Gasteiger partial charge in [-0.2, -0.15) is 5.06 Å². The van der Waals surface area contributed by atoms with Crippen LogP contribution in [-0.4, -0.2) is 78.4 Å². The molecule has 12 heteroatoms. The van der Waals surface area contributed by atoms with E-state index in [1.165, 1.54) is 0 Å². The number of esters is 1. The molecule has 6 rings (SSSR count).